The van der Waals surface area contributed by atoms with E-state index in [0.717, 1.165) is 47.9 Å². The van der Waals surface area contributed by atoms with Gasteiger partial charge in [0, 0.05) is 10.4 Å². The van der Waals surface area contributed by atoms with E-state index in [4.69, 9.17) is 9.47 Å². The molecule has 1 atom stereocenters. The van der Waals surface area contributed by atoms with Gasteiger partial charge >= 0.3 is 5.97 Å². The molecular formula is C27H28N4O5S2. The molecule has 0 unspecified atom stereocenters. The molecule has 0 saturated heterocycles. The predicted molar refractivity (Wildman–Crippen MR) is 147 cm³/mol. The third-order valence-electron chi connectivity index (χ3n) is 6.16. The number of hydrogen-bond donors (Lipinski definition) is 2. The van der Waals surface area contributed by atoms with Gasteiger partial charge < -0.3 is 19.8 Å². The summed E-state index contributed by atoms with van der Waals surface area (Å²) in [5.41, 5.74) is 1.47. The Morgan fingerprint density at radius 1 is 1.29 bits per heavy atom. The van der Waals surface area contributed by atoms with Crippen molar-refractivity contribution in [3.8, 4) is 23.1 Å². The lowest BCUT2D eigenvalue weighted by molar-refractivity contribution is -0.115. The number of aryl methyl sites for hydroxylation is 1. The van der Waals surface area contributed by atoms with Crippen molar-refractivity contribution in [2.24, 2.45) is 0 Å². The summed E-state index contributed by atoms with van der Waals surface area (Å²) >= 11 is 2.52. The molecule has 0 spiro atoms. The lowest BCUT2D eigenvalue weighted by atomic mass is 9.95. The zero-order valence-corrected chi connectivity index (χ0v) is 23.0. The van der Waals surface area contributed by atoms with Crippen LogP contribution in [0.3, 0.4) is 0 Å². The summed E-state index contributed by atoms with van der Waals surface area (Å²) in [7, 11) is 1.53. The molecule has 1 aliphatic rings. The SMILES string of the molecule is CCOC(=O)c1c(NC(=O)[C@H](CC)Sc2nc(-c3cccc(OC)c3)c(C#N)c(=O)[nH]2)sc2c1CCCC2. The Hall–Kier alpha value is -3.62. The van der Waals surface area contributed by atoms with Gasteiger partial charge in [-0.25, -0.2) is 9.78 Å². The number of carbonyl (C=O) groups is 2. The van der Waals surface area contributed by atoms with Gasteiger partial charge in [-0.1, -0.05) is 30.8 Å². The number of benzene rings is 1. The van der Waals surface area contributed by atoms with Crippen molar-refractivity contribution >= 4 is 40.0 Å². The quantitative estimate of drug-likeness (QED) is 0.216. The molecule has 38 heavy (non-hydrogen) atoms. The van der Waals surface area contributed by atoms with Gasteiger partial charge in [-0.15, -0.1) is 11.3 Å². The van der Waals surface area contributed by atoms with Crippen molar-refractivity contribution in [3.05, 3.63) is 56.2 Å². The molecule has 2 N–H and O–H groups in total. The van der Waals surface area contributed by atoms with Crippen LogP contribution in [0.1, 0.15) is 59.5 Å². The van der Waals surface area contributed by atoms with Gasteiger partial charge in [0.15, 0.2) is 5.16 Å². The molecule has 3 aromatic rings. The highest BCUT2D eigenvalue weighted by atomic mass is 32.2. The number of H-pyrrole nitrogens is 1. The molecule has 0 saturated carbocycles. The second-order valence-corrected chi connectivity index (χ2v) is 10.9. The molecule has 1 aliphatic carbocycles. The van der Waals surface area contributed by atoms with E-state index in [1.807, 2.05) is 13.0 Å². The number of aromatic nitrogens is 2. The first-order valence-corrected chi connectivity index (χ1v) is 14.1. The maximum Gasteiger partial charge on any atom is 0.341 e. The lowest BCUT2D eigenvalue weighted by Crippen LogP contribution is -2.26. The minimum atomic E-state index is -0.613. The van der Waals surface area contributed by atoms with Crippen molar-refractivity contribution in [3.63, 3.8) is 0 Å². The number of carbonyl (C=O) groups excluding carboxylic acids is 2. The molecule has 198 valence electrons. The number of nitrogens with zero attached hydrogens (tertiary/aromatic N) is 2. The van der Waals surface area contributed by atoms with Crippen LogP contribution in [0.25, 0.3) is 11.3 Å². The molecule has 1 aromatic carbocycles. The number of nitriles is 1. The first-order valence-electron chi connectivity index (χ1n) is 12.4. The second-order valence-electron chi connectivity index (χ2n) is 8.58. The number of methoxy groups -OCH3 is 1. The molecule has 4 rings (SSSR count). The normalized spacial score (nSPS) is 13.2. The third kappa shape index (κ3) is 5.76. The van der Waals surface area contributed by atoms with Crippen LogP contribution in [0, 0.1) is 11.3 Å². The number of rotatable bonds is 9. The highest BCUT2D eigenvalue weighted by Crippen LogP contribution is 2.39. The van der Waals surface area contributed by atoms with Crippen molar-refractivity contribution < 1.29 is 19.1 Å². The van der Waals surface area contributed by atoms with E-state index in [1.165, 1.54) is 18.4 Å². The summed E-state index contributed by atoms with van der Waals surface area (Å²) < 4.78 is 10.6. The van der Waals surface area contributed by atoms with Gasteiger partial charge in [-0.3, -0.25) is 9.59 Å². The summed E-state index contributed by atoms with van der Waals surface area (Å²) in [6.45, 7) is 3.86. The second kappa shape index (κ2) is 12.3. The molecule has 0 aliphatic heterocycles. The van der Waals surface area contributed by atoms with Crippen LogP contribution < -0.4 is 15.6 Å². The van der Waals surface area contributed by atoms with Gasteiger partial charge in [-0.2, -0.15) is 5.26 Å². The van der Waals surface area contributed by atoms with Crippen LogP contribution in [0.5, 0.6) is 5.75 Å². The fourth-order valence-electron chi connectivity index (χ4n) is 4.31. The first-order chi connectivity index (χ1) is 18.4. The Morgan fingerprint density at radius 2 is 2.08 bits per heavy atom. The van der Waals surface area contributed by atoms with Gasteiger partial charge in [0.1, 0.15) is 22.4 Å². The molecule has 0 bridgehead atoms. The van der Waals surface area contributed by atoms with Crippen molar-refractivity contribution in [1.82, 2.24) is 9.97 Å². The molecule has 0 radical (unpaired) electrons. The van der Waals surface area contributed by atoms with E-state index in [1.54, 1.807) is 31.2 Å². The summed E-state index contributed by atoms with van der Waals surface area (Å²) in [5.74, 6) is -0.176. The van der Waals surface area contributed by atoms with Crippen LogP contribution in [0.2, 0.25) is 0 Å². The number of ether oxygens (including phenoxy) is 2. The van der Waals surface area contributed by atoms with E-state index >= 15 is 0 Å². The van der Waals surface area contributed by atoms with E-state index in [2.05, 4.69) is 15.3 Å². The van der Waals surface area contributed by atoms with Gasteiger partial charge in [0.25, 0.3) is 5.56 Å². The molecular weight excluding hydrogens is 524 g/mol. The van der Waals surface area contributed by atoms with Crippen LogP contribution >= 0.6 is 23.1 Å². The molecule has 1 amide bonds. The minimum absolute atomic E-state index is 0.122. The Morgan fingerprint density at radius 3 is 2.79 bits per heavy atom. The molecule has 11 heteroatoms. The zero-order chi connectivity index (χ0) is 27.2. The Bertz CT molecular complexity index is 1460. The third-order valence-corrected chi connectivity index (χ3v) is 8.61. The highest BCUT2D eigenvalue weighted by molar-refractivity contribution is 8.00. The van der Waals surface area contributed by atoms with E-state index in [0.29, 0.717) is 28.3 Å². The number of anilines is 1. The number of thiophene rings is 1. The number of thioether (sulfide) groups is 1. The average Bonchev–Trinajstić information content (AvgIpc) is 3.29. The largest absolute Gasteiger partial charge is 0.497 e. The fraction of sp³-hybridized carbons (Fsp3) is 0.370. The topological polar surface area (TPSA) is 134 Å². The van der Waals surface area contributed by atoms with Gasteiger partial charge in [0.2, 0.25) is 5.91 Å². The predicted octanol–water partition coefficient (Wildman–Crippen LogP) is 4.94. The maximum absolute atomic E-state index is 13.4. The maximum atomic E-state index is 13.4. The summed E-state index contributed by atoms with van der Waals surface area (Å²) in [5, 5.41) is 12.6. The van der Waals surface area contributed by atoms with Crippen molar-refractivity contribution in [2.45, 2.75) is 56.4 Å². The number of nitrogens with one attached hydrogen (secondary N) is 2. The van der Waals surface area contributed by atoms with Crippen molar-refractivity contribution in [2.75, 3.05) is 19.0 Å². The Labute approximate surface area is 228 Å². The molecule has 9 nitrogen and oxygen atoms in total. The first kappa shape index (κ1) is 27.4. The van der Waals surface area contributed by atoms with E-state index in [9.17, 15) is 19.6 Å². The summed E-state index contributed by atoms with van der Waals surface area (Å²) in [4.78, 5) is 47.1. The monoisotopic (exact) mass is 552 g/mol. The zero-order valence-electron chi connectivity index (χ0n) is 21.4. The van der Waals surface area contributed by atoms with Crippen LogP contribution in [0.15, 0.2) is 34.2 Å². The number of aromatic amines is 1. The lowest BCUT2D eigenvalue weighted by Gasteiger charge is -2.15. The van der Waals surface area contributed by atoms with Crippen molar-refractivity contribution in [1.29, 1.82) is 5.26 Å². The van der Waals surface area contributed by atoms with E-state index < -0.39 is 16.8 Å². The highest BCUT2D eigenvalue weighted by Gasteiger charge is 2.29. The average molecular weight is 553 g/mol. The number of hydrogen-bond acceptors (Lipinski definition) is 9. The van der Waals surface area contributed by atoms with Crippen LogP contribution in [-0.4, -0.2) is 40.8 Å². The number of esters is 1. The van der Waals surface area contributed by atoms with Crippen LogP contribution in [-0.2, 0) is 22.4 Å². The van der Waals surface area contributed by atoms with Gasteiger partial charge in [-0.05, 0) is 56.7 Å². The molecule has 2 aromatic heterocycles. The number of amides is 1. The smallest absolute Gasteiger partial charge is 0.341 e. The van der Waals surface area contributed by atoms with Gasteiger partial charge in [0.05, 0.1) is 30.2 Å². The fourth-order valence-corrected chi connectivity index (χ4v) is 6.49. The Kier molecular flexibility index (Phi) is 8.86. The van der Waals surface area contributed by atoms with Crippen LogP contribution in [0.4, 0.5) is 5.00 Å². The summed E-state index contributed by atoms with van der Waals surface area (Å²) in [6.07, 6.45) is 4.13. The number of fused-ring (bicyclic) bond motifs is 1. The van der Waals surface area contributed by atoms with E-state index in [-0.39, 0.29) is 28.9 Å². The standard InChI is InChI=1S/C27H28N4O5S2/c1-4-19(24(33)30-25-21(26(34)36-5-2)17-11-6-7-12-20(17)37-25)38-27-29-22(18(14-28)23(32)31-27)15-9-8-10-16(13-15)35-3/h8-10,13,19H,4-7,11-12H2,1-3H3,(H,30,33)(H,29,31,32)/t19-/m0/s1. The Balaban J connectivity index is 1.63. The molecule has 2 heterocycles. The summed E-state index contributed by atoms with van der Waals surface area (Å²) in [6, 6.07) is 8.85. The minimum Gasteiger partial charge on any atom is -0.497 e. The molecule has 0 fully saturated rings.